The minimum atomic E-state index is -0.360. The monoisotopic (exact) mass is 395 g/mol. The first kappa shape index (κ1) is 20.0. The molecule has 6 heteroatoms. The van der Waals surface area contributed by atoms with Gasteiger partial charge in [-0.1, -0.05) is 19.1 Å². The van der Waals surface area contributed by atoms with Gasteiger partial charge in [0, 0.05) is 24.1 Å². The van der Waals surface area contributed by atoms with Gasteiger partial charge < -0.3 is 20.5 Å². The van der Waals surface area contributed by atoms with Crippen LogP contribution in [0.2, 0.25) is 0 Å². The summed E-state index contributed by atoms with van der Waals surface area (Å²) in [5, 5.41) is 6.18. The Morgan fingerprint density at radius 1 is 1.31 bits per heavy atom. The number of nitrogens with one attached hydrogen (secondary N) is 3. The molecule has 156 valence electrons. The zero-order valence-electron chi connectivity index (χ0n) is 17.6. The Balaban J connectivity index is 1.32. The van der Waals surface area contributed by atoms with Crippen molar-refractivity contribution in [3.05, 3.63) is 47.5 Å². The molecule has 29 heavy (non-hydrogen) atoms. The molecule has 1 aromatic heterocycles. The number of amides is 2. The number of aromatic amines is 1. The average molecular weight is 396 g/mol. The Kier molecular flexibility index (Phi) is 5.90. The predicted octanol–water partition coefficient (Wildman–Crippen LogP) is 4.19. The van der Waals surface area contributed by atoms with Crippen molar-refractivity contribution < 1.29 is 4.79 Å². The number of carbonyl (C=O) groups is 1. The van der Waals surface area contributed by atoms with Gasteiger partial charge in [0.2, 0.25) is 0 Å². The van der Waals surface area contributed by atoms with Crippen LogP contribution in [-0.4, -0.2) is 40.5 Å². The van der Waals surface area contributed by atoms with E-state index in [0.29, 0.717) is 0 Å². The number of H-pyrrole nitrogens is 1. The Labute approximate surface area is 173 Å². The van der Waals surface area contributed by atoms with Crippen molar-refractivity contribution in [3.63, 3.8) is 0 Å². The first-order valence-corrected chi connectivity index (χ1v) is 10.9. The molecule has 0 bridgehead atoms. The predicted molar refractivity (Wildman–Crippen MR) is 116 cm³/mol. The standard InChI is InChI=1S/C23H33N5O/c1-17-7-12-28(13-8-17)14-9-19-5-3-6-20(15-19)26-22(29)27-23(10-4-11-23)21-24-16-18(2)25-21/h3,5-6,15-17H,4,7-14H2,1-2H3,(H,24,25)(H2,26,27,29). The summed E-state index contributed by atoms with van der Waals surface area (Å²) < 4.78 is 0. The number of nitrogens with zero attached hydrogens (tertiary/aromatic N) is 2. The van der Waals surface area contributed by atoms with E-state index < -0.39 is 0 Å². The van der Waals surface area contributed by atoms with Gasteiger partial charge in [0.25, 0.3) is 0 Å². The van der Waals surface area contributed by atoms with Gasteiger partial charge in [-0.15, -0.1) is 0 Å². The van der Waals surface area contributed by atoms with E-state index >= 15 is 0 Å². The van der Waals surface area contributed by atoms with Crippen molar-refractivity contribution >= 4 is 11.7 Å². The van der Waals surface area contributed by atoms with E-state index in [-0.39, 0.29) is 11.6 Å². The molecule has 0 unspecified atom stereocenters. The third-order valence-corrected chi connectivity index (χ3v) is 6.49. The van der Waals surface area contributed by atoms with E-state index in [0.717, 1.165) is 55.4 Å². The molecule has 1 aliphatic carbocycles. The number of hydrogen-bond acceptors (Lipinski definition) is 3. The van der Waals surface area contributed by atoms with Gasteiger partial charge >= 0.3 is 6.03 Å². The Bertz CT molecular complexity index is 833. The second kappa shape index (κ2) is 8.57. The van der Waals surface area contributed by atoms with Gasteiger partial charge in [-0.05, 0) is 82.2 Å². The van der Waals surface area contributed by atoms with Crippen LogP contribution in [0.5, 0.6) is 0 Å². The lowest BCUT2D eigenvalue weighted by atomic mass is 9.76. The highest BCUT2D eigenvalue weighted by Crippen LogP contribution is 2.39. The summed E-state index contributed by atoms with van der Waals surface area (Å²) in [7, 11) is 0. The maximum atomic E-state index is 12.7. The number of hydrogen-bond donors (Lipinski definition) is 3. The number of benzene rings is 1. The SMILES string of the molecule is Cc1cnc(C2(NC(=O)Nc3cccc(CCN4CCC(C)CC4)c3)CCC2)[nH]1. The number of likely N-dealkylation sites (tertiary alicyclic amines) is 1. The third-order valence-electron chi connectivity index (χ3n) is 6.49. The van der Waals surface area contributed by atoms with E-state index in [2.05, 4.69) is 44.6 Å². The van der Waals surface area contributed by atoms with Gasteiger partial charge in [0.05, 0.1) is 5.54 Å². The number of anilines is 1. The molecule has 2 aromatic rings. The molecular weight excluding hydrogens is 362 g/mol. The van der Waals surface area contributed by atoms with Crippen LogP contribution in [-0.2, 0) is 12.0 Å². The molecule has 4 rings (SSSR count). The minimum absolute atomic E-state index is 0.166. The molecule has 6 nitrogen and oxygen atoms in total. The molecule has 3 N–H and O–H groups in total. The maximum Gasteiger partial charge on any atom is 0.320 e. The summed E-state index contributed by atoms with van der Waals surface area (Å²) >= 11 is 0. The number of aryl methyl sites for hydroxylation is 1. The van der Waals surface area contributed by atoms with Crippen molar-refractivity contribution in [2.24, 2.45) is 5.92 Å². The molecule has 1 aliphatic heterocycles. The molecule has 1 aromatic carbocycles. The molecule has 0 spiro atoms. The average Bonchev–Trinajstić information content (AvgIpc) is 3.11. The normalized spacial score (nSPS) is 19.5. The lowest BCUT2D eigenvalue weighted by molar-refractivity contribution is 0.176. The highest BCUT2D eigenvalue weighted by molar-refractivity contribution is 5.90. The van der Waals surface area contributed by atoms with E-state index in [1.54, 1.807) is 0 Å². The second-order valence-electron chi connectivity index (χ2n) is 8.90. The zero-order chi connectivity index (χ0) is 20.3. The van der Waals surface area contributed by atoms with Crippen LogP contribution in [0.4, 0.5) is 10.5 Å². The molecule has 1 saturated carbocycles. The maximum absolute atomic E-state index is 12.7. The van der Waals surface area contributed by atoms with Crippen molar-refractivity contribution in [3.8, 4) is 0 Å². The molecule has 1 saturated heterocycles. The largest absolute Gasteiger partial charge is 0.344 e. The highest BCUT2D eigenvalue weighted by Gasteiger charge is 2.42. The van der Waals surface area contributed by atoms with E-state index in [9.17, 15) is 4.79 Å². The first-order valence-electron chi connectivity index (χ1n) is 10.9. The summed E-state index contributed by atoms with van der Waals surface area (Å²) in [5.41, 5.74) is 2.77. The molecule has 2 aliphatic rings. The number of imidazole rings is 1. The number of carbonyl (C=O) groups excluding carboxylic acids is 1. The lowest BCUT2D eigenvalue weighted by Crippen LogP contribution is -2.52. The van der Waals surface area contributed by atoms with E-state index in [1.807, 2.05) is 25.3 Å². The van der Waals surface area contributed by atoms with Crippen LogP contribution < -0.4 is 10.6 Å². The zero-order valence-corrected chi connectivity index (χ0v) is 17.6. The third kappa shape index (κ3) is 4.81. The van der Waals surface area contributed by atoms with Gasteiger partial charge in [-0.3, -0.25) is 0 Å². The summed E-state index contributed by atoms with van der Waals surface area (Å²) in [6.45, 7) is 7.83. The van der Waals surface area contributed by atoms with Crippen LogP contribution in [0.25, 0.3) is 0 Å². The molecule has 0 radical (unpaired) electrons. The van der Waals surface area contributed by atoms with Crippen LogP contribution in [0.15, 0.2) is 30.5 Å². The van der Waals surface area contributed by atoms with Gasteiger partial charge in [-0.25, -0.2) is 9.78 Å². The van der Waals surface area contributed by atoms with Gasteiger partial charge in [-0.2, -0.15) is 0 Å². The first-order chi connectivity index (χ1) is 14.0. The second-order valence-corrected chi connectivity index (χ2v) is 8.90. The fourth-order valence-corrected chi connectivity index (χ4v) is 4.36. The Morgan fingerprint density at radius 2 is 2.10 bits per heavy atom. The van der Waals surface area contributed by atoms with Crippen LogP contribution in [0.3, 0.4) is 0 Å². The molecule has 0 atom stereocenters. The van der Waals surface area contributed by atoms with Crippen molar-refractivity contribution in [1.82, 2.24) is 20.2 Å². The summed E-state index contributed by atoms with van der Waals surface area (Å²) in [5.74, 6) is 1.72. The van der Waals surface area contributed by atoms with Crippen LogP contribution in [0.1, 0.15) is 56.1 Å². The molecule has 2 amide bonds. The number of aromatic nitrogens is 2. The highest BCUT2D eigenvalue weighted by atomic mass is 16.2. The minimum Gasteiger partial charge on any atom is -0.344 e. The van der Waals surface area contributed by atoms with Crippen molar-refractivity contribution in [2.75, 3.05) is 25.0 Å². The summed E-state index contributed by atoms with van der Waals surface area (Å²) in [6, 6.07) is 8.06. The number of rotatable bonds is 6. The fourth-order valence-electron chi connectivity index (χ4n) is 4.36. The molecule has 2 fully saturated rings. The lowest BCUT2D eigenvalue weighted by Gasteiger charge is -2.40. The van der Waals surface area contributed by atoms with E-state index in [1.165, 1.54) is 31.5 Å². The van der Waals surface area contributed by atoms with Gasteiger partial charge in [0.15, 0.2) is 0 Å². The smallest absolute Gasteiger partial charge is 0.320 e. The van der Waals surface area contributed by atoms with Gasteiger partial charge in [0.1, 0.15) is 5.82 Å². The molecule has 2 heterocycles. The summed E-state index contributed by atoms with van der Waals surface area (Å²) in [4.78, 5) is 23.0. The molecular formula is C23H33N5O. The van der Waals surface area contributed by atoms with Crippen LogP contribution >= 0.6 is 0 Å². The number of piperidine rings is 1. The quantitative estimate of drug-likeness (QED) is 0.686. The van der Waals surface area contributed by atoms with E-state index in [4.69, 9.17) is 0 Å². The Morgan fingerprint density at radius 3 is 2.76 bits per heavy atom. The topological polar surface area (TPSA) is 73.1 Å². The Hall–Kier alpha value is -2.34. The fraction of sp³-hybridized carbons (Fsp3) is 0.565. The van der Waals surface area contributed by atoms with Crippen molar-refractivity contribution in [2.45, 2.75) is 57.9 Å². The number of urea groups is 1. The van der Waals surface area contributed by atoms with Crippen molar-refractivity contribution in [1.29, 1.82) is 0 Å². The summed E-state index contributed by atoms with van der Waals surface area (Å²) in [6.07, 6.45) is 8.38. The van der Waals surface area contributed by atoms with Crippen LogP contribution in [0, 0.1) is 12.8 Å².